The molecule has 0 radical (unpaired) electrons. The minimum atomic E-state index is -0.136. The van der Waals surface area contributed by atoms with Gasteiger partial charge in [0.25, 0.3) is 5.91 Å². The van der Waals surface area contributed by atoms with Crippen LogP contribution in [-0.4, -0.2) is 17.4 Å². The Morgan fingerprint density at radius 1 is 1.11 bits per heavy atom. The van der Waals surface area contributed by atoms with Gasteiger partial charge in [-0.1, -0.05) is 55.1 Å². The van der Waals surface area contributed by atoms with E-state index in [4.69, 9.17) is 4.74 Å². The second-order valence-electron chi connectivity index (χ2n) is 6.16. The van der Waals surface area contributed by atoms with Crippen LogP contribution in [0.2, 0.25) is 0 Å². The van der Waals surface area contributed by atoms with Crippen molar-refractivity contribution in [1.29, 1.82) is 0 Å². The number of nitrogens with zero attached hydrogens (tertiary/aromatic N) is 1. The summed E-state index contributed by atoms with van der Waals surface area (Å²) in [5, 5.41) is 3.85. The smallest absolute Gasteiger partial charge is 0.251 e. The molecule has 1 aromatic heterocycles. The average molecular weight is 370 g/mol. The predicted molar refractivity (Wildman–Crippen MR) is 113 cm³/mol. The third-order valence-electron chi connectivity index (χ3n) is 4.16. The lowest BCUT2D eigenvalue weighted by Crippen LogP contribution is -2.25. The van der Waals surface area contributed by atoms with Gasteiger partial charge in [-0.2, -0.15) is 0 Å². The van der Waals surface area contributed by atoms with E-state index in [-0.39, 0.29) is 5.91 Å². The number of allylic oxidation sites excluding steroid dienone is 2. The molecule has 3 rings (SSSR count). The zero-order valence-electron chi connectivity index (χ0n) is 15.5. The predicted octanol–water partition coefficient (Wildman–Crippen LogP) is 4.81. The minimum absolute atomic E-state index is 0.136. The van der Waals surface area contributed by atoms with Crippen LogP contribution in [0.4, 0.5) is 0 Å². The first kappa shape index (κ1) is 19.1. The van der Waals surface area contributed by atoms with Crippen LogP contribution in [0.3, 0.4) is 0 Å². The van der Waals surface area contributed by atoms with E-state index in [9.17, 15) is 4.79 Å². The molecule has 4 nitrogen and oxygen atoms in total. The molecule has 0 aliphatic carbocycles. The Hall–Kier alpha value is -3.66. The molecule has 1 N–H and O–H groups in total. The van der Waals surface area contributed by atoms with Crippen molar-refractivity contribution < 1.29 is 9.53 Å². The fourth-order valence-corrected chi connectivity index (χ4v) is 2.64. The van der Waals surface area contributed by atoms with Gasteiger partial charge in [-0.3, -0.25) is 9.78 Å². The molecule has 3 aromatic rings. The Labute approximate surface area is 164 Å². The number of pyridine rings is 1. The third kappa shape index (κ3) is 5.42. The quantitative estimate of drug-likeness (QED) is 0.457. The molecular formula is C24H22N2O2. The number of benzene rings is 2. The monoisotopic (exact) mass is 370 g/mol. The van der Waals surface area contributed by atoms with Crippen LogP contribution < -0.4 is 5.32 Å². The number of aromatic nitrogens is 1. The topological polar surface area (TPSA) is 51.2 Å². The van der Waals surface area contributed by atoms with Gasteiger partial charge in [-0.25, -0.2) is 0 Å². The highest BCUT2D eigenvalue weighted by atomic mass is 16.5. The fraction of sp³-hybridized carbons (Fsp3) is 0.0833. The Balaban J connectivity index is 1.52. The molecule has 0 atom stereocenters. The molecule has 0 aliphatic heterocycles. The van der Waals surface area contributed by atoms with Gasteiger partial charge in [0, 0.05) is 23.7 Å². The molecule has 2 aromatic carbocycles. The highest BCUT2D eigenvalue weighted by molar-refractivity contribution is 5.98. The highest BCUT2D eigenvalue weighted by Crippen LogP contribution is 2.13. The fourth-order valence-electron chi connectivity index (χ4n) is 2.64. The molecule has 1 heterocycles. The lowest BCUT2D eigenvalue weighted by atomic mass is 10.1. The maximum Gasteiger partial charge on any atom is 0.251 e. The first-order valence-corrected chi connectivity index (χ1v) is 9.03. The SMILES string of the molecule is C=C/C(=C\C=C\OCc1ccccc1)CNC(=O)c1ccc2ncccc2c1. The summed E-state index contributed by atoms with van der Waals surface area (Å²) >= 11 is 0. The zero-order chi connectivity index (χ0) is 19.6. The van der Waals surface area contributed by atoms with Crippen molar-refractivity contribution in [3.05, 3.63) is 115 Å². The van der Waals surface area contributed by atoms with Crippen LogP contribution in [0.1, 0.15) is 15.9 Å². The molecule has 1 amide bonds. The van der Waals surface area contributed by atoms with Crippen molar-refractivity contribution >= 4 is 16.8 Å². The summed E-state index contributed by atoms with van der Waals surface area (Å²) in [4.78, 5) is 16.7. The molecule has 0 aliphatic rings. The maximum absolute atomic E-state index is 12.4. The van der Waals surface area contributed by atoms with Crippen molar-refractivity contribution in [3.63, 3.8) is 0 Å². The van der Waals surface area contributed by atoms with Gasteiger partial charge in [-0.15, -0.1) is 0 Å². The van der Waals surface area contributed by atoms with Gasteiger partial charge in [-0.05, 0) is 41.5 Å². The van der Waals surface area contributed by atoms with Gasteiger partial charge in [0.15, 0.2) is 0 Å². The van der Waals surface area contributed by atoms with E-state index in [2.05, 4.69) is 16.9 Å². The first-order chi connectivity index (χ1) is 13.8. The van der Waals surface area contributed by atoms with E-state index in [1.54, 1.807) is 30.7 Å². The van der Waals surface area contributed by atoms with E-state index >= 15 is 0 Å². The van der Waals surface area contributed by atoms with Crippen LogP contribution in [0.15, 0.2) is 104 Å². The number of rotatable bonds is 8. The summed E-state index contributed by atoms with van der Waals surface area (Å²) in [6.07, 6.45) is 8.75. The third-order valence-corrected chi connectivity index (χ3v) is 4.16. The van der Waals surface area contributed by atoms with Crippen molar-refractivity contribution in [1.82, 2.24) is 10.3 Å². The molecule has 140 valence electrons. The number of carbonyl (C=O) groups excluding carboxylic acids is 1. The number of nitrogens with one attached hydrogen (secondary N) is 1. The number of amides is 1. The van der Waals surface area contributed by atoms with E-state index in [0.717, 1.165) is 22.0 Å². The highest BCUT2D eigenvalue weighted by Gasteiger charge is 2.06. The standard InChI is InChI=1S/C24H22N2O2/c1-2-19(10-7-15-28-18-20-8-4-3-5-9-20)17-26-24(27)22-12-13-23-21(16-22)11-6-14-25-23/h2-16H,1,17-18H2,(H,26,27)/b15-7+,19-10+. The molecular weight excluding hydrogens is 348 g/mol. The molecule has 4 heteroatoms. The Morgan fingerprint density at radius 2 is 1.96 bits per heavy atom. The Bertz CT molecular complexity index is 1010. The summed E-state index contributed by atoms with van der Waals surface area (Å²) in [6, 6.07) is 19.2. The lowest BCUT2D eigenvalue weighted by Gasteiger charge is -2.06. The molecule has 0 fully saturated rings. The summed E-state index contributed by atoms with van der Waals surface area (Å²) in [5.41, 5.74) is 3.46. The number of carbonyl (C=O) groups is 1. The van der Waals surface area contributed by atoms with Crippen LogP contribution in [0, 0.1) is 0 Å². The molecule has 0 saturated carbocycles. The van der Waals surface area contributed by atoms with Crippen LogP contribution in [-0.2, 0) is 11.3 Å². The normalized spacial score (nSPS) is 11.5. The van der Waals surface area contributed by atoms with Crippen molar-refractivity contribution in [2.75, 3.05) is 6.54 Å². The van der Waals surface area contributed by atoms with E-state index in [1.165, 1.54) is 0 Å². The van der Waals surface area contributed by atoms with Gasteiger partial charge in [0.1, 0.15) is 6.61 Å². The molecule has 0 saturated heterocycles. The van der Waals surface area contributed by atoms with Gasteiger partial charge in [0.05, 0.1) is 11.8 Å². The molecule has 28 heavy (non-hydrogen) atoms. The van der Waals surface area contributed by atoms with Gasteiger partial charge in [0.2, 0.25) is 0 Å². The lowest BCUT2D eigenvalue weighted by molar-refractivity contribution is 0.0957. The van der Waals surface area contributed by atoms with Crippen molar-refractivity contribution in [2.45, 2.75) is 6.61 Å². The van der Waals surface area contributed by atoms with E-state index in [0.29, 0.717) is 18.7 Å². The summed E-state index contributed by atoms with van der Waals surface area (Å²) in [6.45, 7) is 4.70. The zero-order valence-corrected chi connectivity index (χ0v) is 15.5. The Kier molecular flexibility index (Phi) is 6.74. The summed E-state index contributed by atoms with van der Waals surface area (Å²) in [7, 11) is 0. The largest absolute Gasteiger partial charge is 0.497 e. The van der Waals surface area contributed by atoms with Gasteiger partial charge >= 0.3 is 0 Å². The summed E-state index contributed by atoms with van der Waals surface area (Å²) < 4.78 is 5.50. The van der Waals surface area contributed by atoms with Crippen LogP contribution in [0.25, 0.3) is 10.9 Å². The second kappa shape index (κ2) is 9.88. The van der Waals surface area contributed by atoms with Crippen LogP contribution >= 0.6 is 0 Å². The van der Waals surface area contributed by atoms with E-state index < -0.39 is 0 Å². The second-order valence-corrected chi connectivity index (χ2v) is 6.16. The molecule has 0 spiro atoms. The summed E-state index contributed by atoms with van der Waals surface area (Å²) in [5.74, 6) is -0.136. The average Bonchev–Trinajstić information content (AvgIpc) is 2.75. The maximum atomic E-state index is 12.4. The van der Waals surface area contributed by atoms with Crippen LogP contribution in [0.5, 0.6) is 0 Å². The van der Waals surface area contributed by atoms with Crippen molar-refractivity contribution in [2.24, 2.45) is 0 Å². The van der Waals surface area contributed by atoms with Gasteiger partial charge < -0.3 is 10.1 Å². The van der Waals surface area contributed by atoms with E-state index in [1.807, 2.05) is 60.7 Å². The number of ether oxygens (including phenoxy) is 1. The molecule has 0 unspecified atom stereocenters. The number of fused-ring (bicyclic) bond motifs is 1. The Morgan fingerprint density at radius 3 is 2.79 bits per heavy atom. The number of hydrogen-bond donors (Lipinski definition) is 1. The molecule has 0 bridgehead atoms. The van der Waals surface area contributed by atoms with Crippen molar-refractivity contribution in [3.8, 4) is 0 Å². The number of hydrogen-bond acceptors (Lipinski definition) is 3. The first-order valence-electron chi connectivity index (χ1n) is 9.03. The minimum Gasteiger partial charge on any atom is -0.497 e.